The van der Waals surface area contributed by atoms with Gasteiger partial charge in [0.25, 0.3) is 0 Å². The Morgan fingerprint density at radius 1 is 0.560 bits per heavy atom. The summed E-state index contributed by atoms with van der Waals surface area (Å²) in [5.41, 5.74) is 13.9. The van der Waals surface area contributed by atoms with E-state index < -0.39 is 0 Å². The summed E-state index contributed by atoms with van der Waals surface area (Å²) < 4.78 is 0. The third-order valence-corrected chi connectivity index (χ3v) is 4.90. The molecule has 0 unspecified atom stereocenters. The minimum absolute atomic E-state index is 0.104. The molecule has 1 heteroatoms. The van der Waals surface area contributed by atoms with Crippen LogP contribution in [0.3, 0.4) is 0 Å². The Bertz CT molecular complexity index is 730. The molecule has 0 bridgehead atoms. The molecule has 0 aliphatic carbocycles. The van der Waals surface area contributed by atoms with E-state index in [1.807, 2.05) is 0 Å². The van der Waals surface area contributed by atoms with E-state index in [1.165, 1.54) is 22.3 Å². The minimum Gasteiger partial charge on any atom is -0.398 e. The van der Waals surface area contributed by atoms with Crippen molar-refractivity contribution in [1.82, 2.24) is 0 Å². The maximum absolute atomic E-state index is 6.38. The van der Waals surface area contributed by atoms with Crippen molar-refractivity contribution in [1.29, 1.82) is 0 Å². The van der Waals surface area contributed by atoms with Crippen LogP contribution < -0.4 is 5.73 Å². The molecule has 0 aromatic heterocycles. The van der Waals surface area contributed by atoms with Gasteiger partial charge in [0.15, 0.2) is 0 Å². The third-order valence-electron chi connectivity index (χ3n) is 4.90. The number of anilines is 1. The maximum atomic E-state index is 6.38. The normalized spacial score (nSPS) is 13.2. The largest absolute Gasteiger partial charge is 0.398 e. The molecule has 0 radical (unpaired) electrons. The van der Waals surface area contributed by atoms with Crippen molar-refractivity contribution in [2.24, 2.45) is 0 Å². The third kappa shape index (κ3) is 4.45. The summed E-state index contributed by atoms with van der Waals surface area (Å²) in [6, 6.07) is 13.4. The number of nitrogen functional groups attached to an aromatic ring is 1. The standard InChI is InChI=1S/C24H35N/c1-22(2,3)17-10-11-21(25)20(15-17)16-12-18(23(4,5)6)14-19(13-16)24(7,8)9/h10-15H,25H2,1-9H3. The average molecular weight is 338 g/mol. The summed E-state index contributed by atoms with van der Waals surface area (Å²) in [4.78, 5) is 0. The van der Waals surface area contributed by atoms with E-state index in [2.05, 4.69) is 98.7 Å². The molecule has 0 saturated carbocycles. The van der Waals surface area contributed by atoms with Gasteiger partial charge in [-0.25, -0.2) is 0 Å². The van der Waals surface area contributed by atoms with Gasteiger partial charge in [-0.05, 0) is 50.6 Å². The quantitative estimate of drug-likeness (QED) is 0.567. The lowest BCUT2D eigenvalue weighted by atomic mass is 9.78. The molecule has 2 aromatic carbocycles. The summed E-state index contributed by atoms with van der Waals surface area (Å²) in [7, 11) is 0. The van der Waals surface area contributed by atoms with Gasteiger partial charge in [0.1, 0.15) is 0 Å². The van der Waals surface area contributed by atoms with Crippen LogP contribution in [0.25, 0.3) is 11.1 Å². The van der Waals surface area contributed by atoms with Gasteiger partial charge in [0.2, 0.25) is 0 Å². The average Bonchev–Trinajstić information content (AvgIpc) is 2.44. The molecular weight excluding hydrogens is 302 g/mol. The van der Waals surface area contributed by atoms with Crippen molar-refractivity contribution >= 4 is 5.69 Å². The first kappa shape index (κ1) is 19.6. The van der Waals surface area contributed by atoms with Crippen LogP contribution in [0, 0.1) is 0 Å². The molecule has 0 amide bonds. The zero-order chi connectivity index (χ0) is 19.2. The highest BCUT2D eigenvalue weighted by Gasteiger charge is 2.22. The first-order chi connectivity index (χ1) is 11.2. The van der Waals surface area contributed by atoms with Gasteiger partial charge in [-0.15, -0.1) is 0 Å². The Morgan fingerprint density at radius 3 is 1.40 bits per heavy atom. The molecule has 0 fully saturated rings. The van der Waals surface area contributed by atoms with E-state index >= 15 is 0 Å². The summed E-state index contributed by atoms with van der Waals surface area (Å²) >= 11 is 0. The smallest absolute Gasteiger partial charge is 0.0393 e. The van der Waals surface area contributed by atoms with Crippen molar-refractivity contribution in [3.05, 3.63) is 53.1 Å². The topological polar surface area (TPSA) is 26.0 Å². The van der Waals surface area contributed by atoms with Crippen LogP contribution in [0.5, 0.6) is 0 Å². The van der Waals surface area contributed by atoms with Gasteiger partial charge < -0.3 is 5.73 Å². The molecular formula is C24H35N. The molecule has 0 saturated heterocycles. The van der Waals surface area contributed by atoms with Gasteiger partial charge in [-0.2, -0.15) is 0 Å². The van der Waals surface area contributed by atoms with Crippen LogP contribution in [-0.4, -0.2) is 0 Å². The second kappa shape index (κ2) is 6.20. The molecule has 2 N–H and O–H groups in total. The Morgan fingerprint density at radius 2 is 1.00 bits per heavy atom. The Labute approximate surface area is 154 Å². The Hall–Kier alpha value is -1.76. The van der Waals surface area contributed by atoms with Gasteiger partial charge in [-0.1, -0.05) is 86.6 Å². The number of rotatable bonds is 1. The molecule has 0 aliphatic heterocycles. The molecule has 1 nitrogen and oxygen atoms in total. The molecule has 136 valence electrons. The maximum Gasteiger partial charge on any atom is 0.0393 e. The zero-order valence-corrected chi connectivity index (χ0v) is 17.5. The molecule has 0 heterocycles. The summed E-state index contributed by atoms with van der Waals surface area (Å²) in [6.07, 6.45) is 0. The van der Waals surface area contributed by atoms with Gasteiger partial charge in [0.05, 0.1) is 0 Å². The van der Waals surface area contributed by atoms with E-state index in [-0.39, 0.29) is 16.2 Å². The van der Waals surface area contributed by atoms with Crippen LogP contribution in [0.4, 0.5) is 5.69 Å². The lowest BCUT2D eigenvalue weighted by Crippen LogP contribution is -2.17. The van der Waals surface area contributed by atoms with Gasteiger partial charge in [-0.3, -0.25) is 0 Å². The highest BCUT2D eigenvalue weighted by molar-refractivity contribution is 5.78. The number of benzene rings is 2. The predicted molar refractivity (Wildman–Crippen MR) is 112 cm³/mol. The van der Waals surface area contributed by atoms with Crippen LogP contribution in [0.15, 0.2) is 36.4 Å². The molecule has 25 heavy (non-hydrogen) atoms. The molecule has 0 aliphatic rings. The van der Waals surface area contributed by atoms with E-state index in [1.54, 1.807) is 0 Å². The molecule has 0 spiro atoms. The summed E-state index contributed by atoms with van der Waals surface area (Å²) in [5.74, 6) is 0. The summed E-state index contributed by atoms with van der Waals surface area (Å²) in [6.45, 7) is 20.4. The fourth-order valence-electron chi connectivity index (χ4n) is 2.92. The van der Waals surface area contributed by atoms with Crippen LogP contribution >= 0.6 is 0 Å². The minimum atomic E-state index is 0.104. The second-order valence-corrected chi connectivity index (χ2v) is 10.4. The van der Waals surface area contributed by atoms with E-state index in [9.17, 15) is 0 Å². The van der Waals surface area contributed by atoms with E-state index in [4.69, 9.17) is 5.73 Å². The molecule has 0 atom stereocenters. The molecule has 2 rings (SSSR count). The second-order valence-electron chi connectivity index (χ2n) is 10.4. The van der Waals surface area contributed by atoms with Crippen molar-refractivity contribution in [3.63, 3.8) is 0 Å². The fourth-order valence-corrected chi connectivity index (χ4v) is 2.92. The van der Waals surface area contributed by atoms with Crippen molar-refractivity contribution in [3.8, 4) is 11.1 Å². The van der Waals surface area contributed by atoms with Crippen molar-refractivity contribution < 1.29 is 0 Å². The Kier molecular flexibility index (Phi) is 4.85. The monoisotopic (exact) mass is 337 g/mol. The summed E-state index contributed by atoms with van der Waals surface area (Å²) in [5, 5.41) is 0. The fraction of sp³-hybridized carbons (Fsp3) is 0.500. The lowest BCUT2D eigenvalue weighted by Gasteiger charge is -2.27. The van der Waals surface area contributed by atoms with Crippen molar-refractivity contribution in [2.75, 3.05) is 5.73 Å². The number of hydrogen-bond acceptors (Lipinski definition) is 1. The molecule has 2 aromatic rings. The highest BCUT2D eigenvalue weighted by atomic mass is 14.6. The van der Waals surface area contributed by atoms with E-state index in [0.717, 1.165) is 11.3 Å². The lowest BCUT2D eigenvalue weighted by molar-refractivity contribution is 0.569. The number of hydrogen-bond donors (Lipinski definition) is 1. The number of nitrogens with two attached hydrogens (primary N) is 1. The predicted octanol–water partition coefficient (Wildman–Crippen LogP) is 6.83. The highest BCUT2D eigenvalue weighted by Crippen LogP contribution is 2.37. The van der Waals surface area contributed by atoms with Gasteiger partial charge >= 0.3 is 0 Å². The first-order valence-corrected chi connectivity index (χ1v) is 9.26. The van der Waals surface area contributed by atoms with Crippen molar-refractivity contribution in [2.45, 2.75) is 78.6 Å². The SMILES string of the molecule is CC(C)(C)c1cc(-c2cc(C(C)(C)C)ccc2N)cc(C(C)(C)C)c1. The van der Waals surface area contributed by atoms with Crippen LogP contribution in [-0.2, 0) is 16.2 Å². The van der Waals surface area contributed by atoms with Crippen LogP contribution in [0.2, 0.25) is 0 Å². The first-order valence-electron chi connectivity index (χ1n) is 9.26. The Balaban J connectivity index is 2.75. The zero-order valence-electron chi connectivity index (χ0n) is 17.5. The van der Waals surface area contributed by atoms with Crippen LogP contribution in [0.1, 0.15) is 79.0 Å². The van der Waals surface area contributed by atoms with Gasteiger partial charge in [0, 0.05) is 11.3 Å². The van der Waals surface area contributed by atoms with E-state index in [0.29, 0.717) is 0 Å².